The molecule has 0 aliphatic carbocycles. The van der Waals surface area contributed by atoms with Gasteiger partial charge in [0.15, 0.2) is 0 Å². The van der Waals surface area contributed by atoms with Crippen LogP contribution in [0.4, 0.5) is 0 Å². The average molecular weight is 250 g/mol. The van der Waals surface area contributed by atoms with Gasteiger partial charge in [-0.2, -0.15) is 0 Å². The largest absolute Gasteiger partial charge is 0.385 e. The molecule has 102 valence electrons. The summed E-state index contributed by atoms with van der Waals surface area (Å²) in [5, 5.41) is 20.6. The van der Waals surface area contributed by atoms with Crippen molar-refractivity contribution in [2.45, 2.75) is 64.6 Å². The zero-order chi connectivity index (χ0) is 13.8. The number of hydrogen-bond donors (Lipinski definition) is 2. The van der Waals surface area contributed by atoms with E-state index >= 15 is 0 Å². The van der Waals surface area contributed by atoms with E-state index in [1.54, 1.807) is 0 Å². The fraction of sp³-hybridized carbons (Fsp3) is 0.625. The van der Waals surface area contributed by atoms with Crippen molar-refractivity contribution in [1.82, 2.24) is 0 Å². The van der Waals surface area contributed by atoms with Gasteiger partial charge in [-0.05, 0) is 37.8 Å². The summed E-state index contributed by atoms with van der Waals surface area (Å²) in [6.07, 6.45) is 3.39. The Morgan fingerprint density at radius 3 is 1.28 bits per heavy atom. The first kappa shape index (κ1) is 15.2. The second kappa shape index (κ2) is 5.85. The van der Waals surface area contributed by atoms with Gasteiger partial charge in [-0.3, -0.25) is 0 Å². The molecule has 0 spiro atoms. The van der Waals surface area contributed by atoms with E-state index in [9.17, 15) is 10.2 Å². The standard InChI is InChI=1S/C16H26O2/c1-5-11-15(3,17)13-7-9-14(10-8-13)16(4,18)12-6-2/h7-10,17-18H,5-6,11-12H2,1-4H3. The molecule has 0 saturated heterocycles. The third-order valence-electron chi connectivity index (χ3n) is 3.60. The van der Waals surface area contributed by atoms with Crippen LogP contribution < -0.4 is 0 Å². The van der Waals surface area contributed by atoms with Gasteiger partial charge in [0.05, 0.1) is 11.2 Å². The van der Waals surface area contributed by atoms with Crippen molar-refractivity contribution in [2.75, 3.05) is 0 Å². The van der Waals surface area contributed by atoms with E-state index in [0.717, 1.165) is 36.8 Å². The van der Waals surface area contributed by atoms with Crippen LogP contribution in [0.3, 0.4) is 0 Å². The van der Waals surface area contributed by atoms with Crippen molar-refractivity contribution < 1.29 is 10.2 Å². The SMILES string of the molecule is CCCC(C)(O)c1ccc(C(C)(O)CCC)cc1. The molecule has 2 heteroatoms. The van der Waals surface area contributed by atoms with Crippen molar-refractivity contribution in [1.29, 1.82) is 0 Å². The summed E-state index contributed by atoms with van der Waals surface area (Å²) in [6, 6.07) is 7.70. The summed E-state index contributed by atoms with van der Waals surface area (Å²) in [5.74, 6) is 0. The lowest BCUT2D eigenvalue weighted by atomic mass is 9.87. The van der Waals surface area contributed by atoms with E-state index in [0.29, 0.717) is 0 Å². The van der Waals surface area contributed by atoms with Gasteiger partial charge >= 0.3 is 0 Å². The third kappa shape index (κ3) is 3.56. The van der Waals surface area contributed by atoms with Gasteiger partial charge in [0.25, 0.3) is 0 Å². The quantitative estimate of drug-likeness (QED) is 0.808. The predicted octanol–water partition coefficient (Wildman–Crippen LogP) is 3.70. The first-order valence-corrected chi connectivity index (χ1v) is 6.89. The second-order valence-corrected chi connectivity index (χ2v) is 5.63. The van der Waals surface area contributed by atoms with Crippen LogP contribution in [0.2, 0.25) is 0 Å². The minimum Gasteiger partial charge on any atom is -0.385 e. The molecule has 2 nitrogen and oxygen atoms in total. The molecule has 2 atom stereocenters. The Kier molecular flexibility index (Phi) is 4.94. The monoisotopic (exact) mass is 250 g/mol. The molecule has 1 rings (SSSR count). The highest BCUT2D eigenvalue weighted by Crippen LogP contribution is 2.30. The smallest absolute Gasteiger partial charge is 0.0868 e. The minimum absolute atomic E-state index is 0.748. The van der Waals surface area contributed by atoms with E-state index in [2.05, 4.69) is 13.8 Å². The van der Waals surface area contributed by atoms with Crippen molar-refractivity contribution in [3.05, 3.63) is 35.4 Å². The van der Waals surface area contributed by atoms with Gasteiger partial charge in [0, 0.05) is 0 Å². The maximum absolute atomic E-state index is 10.3. The van der Waals surface area contributed by atoms with Gasteiger partial charge in [-0.25, -0.2) is 0 Å². The van der Waals surface area contributed by atoms with Crippen LogP contribution in [0.15, 0.2) is 24.3 Å². The maximum Gasteiger partial charge on any atom is 0.0868 e. The van der Waals surface area contributed by atoms with E-state index in [-0.39, 0.29) is 0 Å². The highest BCUT2D eigenvalue weighted by atomic mass is 16.3. The van der Waals surface area contributed by atoms with Crippen LogP contribution in [-0.2, 0) is 11.2 Å². The summed E-state index contributed by atoms with van der Waals surface area (Å²) in [6.45, 7) is 7.81. The molecule has 0 saturated carbocycles. The molecule has 0 aliphatic rings. The van der Waals surface area contributed by atoms with Gasteiger partial charge in [-0.1, -0.05) is 51.0 Å². The molecular formula is C16H26O2. The molecule has 0 aliphatic heterocycles. The first-order chi connectivity index (χ1) is 8.33. The minimum atomic E-state index is -0.774. The summed E-state index contributed by atoms with van der Waals surface area (Å²) < 4.78 is 0. The Bertz CT molecular complexity index is 326. The first-order valence-electron chi connectivity index (χ1n) is 6.89. The highest BCUT2D eigenvalue weighted by molar-refractivity contribution is 5.29. The van der Waals surface area contributed by atoms with Crippen molar-refractivity contribution in [3.63, 3.8) is 0 Å². The topological polar surface area (TPSA) is 40.5 Å². The molecule has 1 aromatic carbocycles. The van der Waals surface area contributed by atoms with E-state index in [1.165, 1.54) is 0 Å². The lowest BCUT2D eigenvalue weighted by Crippen LogP contribution is -2.23. The van der Waals surface area contributed by atoms with Gasteiger partial charge in [0.2, 0.25) is 0 Å². The lowest BCUT2D eigenvalue weighted by molar-refractivity contribution is 0.0430. The van der Waals surface area contributed by atoms with Crippen molar-refractivity contribution >= 4 is 0 Å². The van der Waals surface area contributed by atoms with Crippen LogP contribution >= 0.6 is 0 Å². The third-order valence-corrected chi connectivity index (χ3v) is 3.60. The van der Waals surface area contributed by atoms with Crippen LogP contribution in [0.1, 0.15) is 64.5 Å². The fourth-order valence-corrected chi connectivity index (χ4v) is 2.45. The molecular weight excluding hydrogens is 224 g/mol. The van der Waals surface area contributed by atoms with E-state index in [4.69, 9.17) is 0 Å². The van der Waals surface area contributed by atoms with Crippen LogP contribution in [0, 0.1) is 0 Å². The fourth-order valence-electron chi connectivity index (χ4n) is 2.45. The Morgan fingerprint density at radius 1 is 0.778 bits per heavy atom. The Balaban J connectivity index is 2.92. The molecule has 0 radical (unpaired) electrons. The van der Waals surface area contributed by atoms with Gasteiger partial charge < -0.3 is 10.2 Å². The summed E-state index contributed by atoms with van der Waals surface area (Å²) >= 11 is 0. The lowest BCUT2D eigenvalue weighted by Gasteiger charge is -2.26. The normalized spacial score (nSPS) is 18.1. The number of rotatable bonds is 6. The summed E-state index contributed by atoms with van der Waals surface area (Å²) in [4.78, 5) is 0. The second-order valence-electron chi connectivity index (χ2n) is 5.63. The Labute approximate surface area is 111 Å². The summed E-state index contributed by atoms with van der Waals surface area (Å²) in [7, 11) is 0. The molecule has 1 aromatic rings. The number of benzene rings is 1. The number of aliphatic hydroxyl groups is 2. The molecule has 0 bridgehead atoms. The Morgan fingerprint density at radius 2 is 1.06 bits per heavy atom. The zero-order valence-corrected chi connectivity index (χ0v) is 12.0. The molecule has 0 fully saturated rings. The molecule has 0 aromatic heterocycles. The Hall–Kier alpha value is -0.860. The molecule has 2 N–H and O–H groups in total. The highest BCUT2D eigenvalue weighted by Gasteiger charge is 2.25. The molecule has 18 heavy (non-hydrogen) atoms. The van der Waals surface area contributed by atoms with E-state index < -0.39 is 11.2 Å². The maximum atomic E-state index is 10.3. The predicted molar refractivity (Wildman–Crippen MR) is 75.4 cm³/mol. The van der Waals surface area contributed by atoms with Crippen LogP contribution in [0.25, 0.3) is 0 Å². The molecule has 0 heterocycles. The average Bonchev–Trinajstić information content (AvgIpc) is 2.29. The van der Waals surface area contributed by atoms with Crippen molar-refractivity contribution in [2.24, 2.45) is 0 Å². The van der Waals surface area contributed by atoms with E-state index in [1.807, 2.05) is 38.1 Å². The zero-order valence-electron chi connectivity index (χ0n) is 12.0. The number of hydrogen-bond acceptors (Lipinski definition) is 2. The van der Waals surface area contributed by atoms with Crippen LogP contribution in [0.5, 0.6) is 0 Å². The molecule has 2 unspecified atom stereocenters. The van der Waals surface area contributed by atoms with Crippen molar-refractivity contribution in [3.8, 4) is 0 Å². The molecule has 0 amide bonds. The van der Waals surface area contributed by atoms with Crippen LogP contribution in [-0.4, -0.2) is 10.2 Å². The summed E-state index contributed by atoms with van der Waals surface area (Å²) in [5.41, 5.74) is 0.286. The van der Waals surface area contributed by atoms with Gasteiger partial charge in [0.1, 0.15) is 0 Å². The van der Waals surface area contributed by atoms with Gasteiger partial charge in [-0.15, -0.1) is 0 Å².